The maximum atomic E-state index is 2.58. The molecular weight excluding hydrogens is 557 g/mol. The van der Waals surface area contributed by atoms with Gasteiger partial charge in [-0.05, 0) is 84.3 Å². The molecule has 0 bridgehead atoms. The van der Waals surface area contributed by atoms with E-state index in [1.54, 1.807) is 27.1 Å². The summed E-state index contributed by atoms with van der Waals surface area (Å²) in [5, 5.41) is 6.05. The summed E-state index contributed by atoms with van der Waals surface area (Å²) in [7, 11) is -1.57. The molecule has 2 unspecified atom stereocenters. The first kappa shape index (κ1) is 28.5. The SMILES string of the molecule is CC1=Cc2cc3c(c(-c4cccc5ccccc45)c2C1C1C(C(C)C)=Cc2c(-c4ccc(C(C)(C)C)cc4)cccc21)[Si]3(C)C. The normalized spacial score (nSPS) is 19.3. The fourth-order valence-electron chi connectivity index (χ4n) is 8.63. The molecule has 0 amide bonds. The number of fused-ring (bicyclic) bond motifs is 4. The molecular formula is C44H44Si. The average Bonchev–Trinajstić information content (AvgIpc) is 3.27. The second-order valence-corrected chi connectivity index (χ2v) is 19.9. The number of allylic oxidation sites excluding steroid dienone is 2. The summed E-state index contributed by atoms with van der Waals surface area (Å²) in [5.41, 5.74) is 16.2. The molecule has 8 rings (SSSR count). The Morgan fingerprint density at radius 1 is 0.733 bits per heavy atom. The maximum Gasteiger partial charge on any atom is 0.112 e. The first-order valence-corrected chi connectivity index (χ1v) is 19.8. The molecule has 45 heavy (non-hydrogen) atoms. The van der Waals surface area contributed by atoms with E-state index in [2.05, 4.69) is 158 Å². The fraction of sp³-hybridized carbons (Fsp3) is 0.273. The highest BCUT2D eigenvalue weighted by molar-refractivity contribution is 7.16. The Morgan fingerprint density at radius 2 is 1.42 bits per heavy atom. The Balaban J connectivity index is 1.34. The van der Waals surface area contributed by atoms with Crippen LogP contribution < -0.4 is 10.4 Å². The summed E-state index contributed by atoms with van der Waals surface area (Å²) in [5.74, 6) is 1.13. The van der Waals surface area contributed by atoms with E-state index >= 15 is 0 Å². The number of rotatable bonds is 4. The van der Waals surface area contributed by atoms with Gasteiger partial charge in [-0.2, -0.15) is 0 Å². The van der Waals surface area contributed by atoms with Gasteiger partial charge < -0.3 is 0 Å². The molecule has 5 aromatic rings. The molecule has 1 aliphatic heterocycles. The van der Waals surface area contributed by atoms with Gasteiger partial charge in [-0.3, -0.25) is 0 Å². The molecule has 2 aliphatic carbocycles. The van der Waals surface area contributed by atoms with Crippen LogP contribution in [0.5, 0.6) is 0 Å². The second kappa shape index (κ2) is 9.78. The van der Waals surface area contributed by atoms with Crippen LogP contribution in [0.1, 0.15) is 81.2 Å². The van der Waals surface area contributed by atoms with Crippen molar-refractivity contribution in [2.24, 2.45) is 5.92 Å². The summed E-state index contributed by atoms with van der Waals surface area (Å²) in [6, 6.07) is 34.9. The van der Waals surface area contributed by atoms with Gasteiger partial charge in [0, 0.05) is 11.8 Å². The zero-order valence-corrected chi connectivity index (χ0v) is 29.0. The third kappa shape index (κ3) is 4.23. The molecule has 0 N–H and O–H groups in total. The van der Waals surface area contributed by atoms with Gasteiger partial charge in [-0.1, -0.05) is 167 Å². The molecule has 224 valence electrons. The van der Waals surface area contributed by atoms with E-state index in [9.17, 15) is 0 Å². The highest BCUT2D eigenvalue weighted by Crippen LogP contribution is 2.57. The second-order valence-electron chi connectivity index (χ2n) is 15.6. The quantitative estimate of drug-likeness (QED) is 0.180. The van der Waals surface area contributed by atoms with Crippen molar-refractivity contribution >= 4 is 41.4 Å². The summed E-state index contributed by atoms with van der Waals surface area (Å²) in [4.78, 5) is 0. The summed E-state index contributed by atoms with van der Waals surface area (Å²) in [6.07, 6.45) is 5.09. The van der Waals surface area contributed by atoms with Gasteiger partial charge in [0.25, 0.3) is 0 Å². The summed E-state index contributed by atoms with van der Waals surface area (Å²) < 4.78 is 0. The van der Waals surface area contributed by atoms with Crippen LogP contribution in [0.2, 0.25) is 13.1 Å². The molecule has 1 heteroatoms. The Bertz CT molecular complexity index is 2090. The fourth-order valence-corrected chi connectivity index (χ4v) is 12.0. The molecule has 0 saturated carbocycles. The molecule has 0 nitrogen and oxygen atoms in total. The van der Waals surface area contributed by atoms with Crippen LogP contribution in [0.15, 0.2) is 102 Å². The van der Waals surface area contributed by atoms with E-state index < -0.39 is 8.07 Å². The number of hydrogen-bond donors (Lipinski definition) is 0. The summed E-state index contributed by atoms with van der Waals surface area (Å²) >= 11 is 0. The average molecular weight is 601 g/mol. The highest BCUT2D eigenvalue weighted by atomic mass is 28.3. The Hall–Kier alpha value is -3.94. The molecule has 0 radical (unpaired) electrons. The lowest BCUT2D eigenvalue weighted by Crippen LogP contribution is -2.20. The molecule has 1 heterocycles. The standard InChI is InChI=1S/C44H44Si/c1-26(2)36-25-37-33(29-19-21-31(22-20-29)44(4,5)6)16-12-18-35(37)41(36)39-27(3)23-30-24-38-43(45(38,7)8)42(40(30)39)34-17-11-14-28-13-9-10-15-32(28)34/h9-26,39,41H,1-8H3. The third-order valence-electron chi connectivity index (χ3n) is 11.1. The van der Waals surface area contributed by atoms with Crippen molar-refractivity contribution in [3.8, 4) is 22.3 Å². The van der Waals surface area contributed by atoms with Crippen LogP contribution >= 0.6 is 0 Å². The van der Waals surface area contributed by atoms with Crippen LogP contribution in [0.25, 0.3) is 45.2 Å². The molecule has 2 atom stereocenters. The third-order valence-corrected chi connectivity index (χ3v) is 14.3. The topological polar surface area (TPSA) is 0 Å². The van der Waals surface area contributed by atoms with Crippen molar-refractivity contribution in [3.63, 3.8) is 0 Å². The minimum Gasteiger partial charge on any atom is -0.0642 e. The van der Waals surface area contributed by atoms with Crippen molar-refractivity contribution in [1.29, 1.82) is 0 Å². The van der Waals surface area contributed by atoms with Crippen molar-refractivity contribution < 1.29 is 0 Å². The highest BCUT2D eigenvalue weighted by Gasteiger charge is 2.50. The van der Waals surface area contributed by atoms with Gasteiger partial charge in [0.05, 0.1) is 0 Å². The number of hydrogen-bond acceptors (Lipinski definition) is 0. The first-order valence-electron chi connectivity index (χ1n) is 16.8. The van der Waals surface area contributed by atoms with Crippen LogP contribution in [0, 0.1) is 5.92 Å². The maximum absolute atomic E-state index is 2.58. The smallest absolute Gasteiger partial charge is 0.0642 e. The van der Waals surface area contributed by atoms with E-state index in [1.165, 1.54) is 55.3 Å². The van der Waals surface area contributed by atoms with Gasteiger partial charge in [-0.15, -0.1) is 0 Å². The zero-order valence-electron chi connectivity index (χ0n) is 28.0. The molecule has 3 aliphatic rings. The summed E-state index contributed by atoms with van der Waals surface area (Å²) in [6.45, 7) is 19.2. The van der Waals surface area contributed by atoms with E-state index in [1.807, 2.05) is 0 Å². The van der Waals surface area contributed by atoms with Gasteiger partial charge in [-0.25, -0.2) is 0 Å². The number of benzene rings is 5. The van der Waals surface area contributed by atoms with Crippen LogP contribution in [-0.4, -0.2) is 8.07 Å². The molecule has 0 aromatic heterocycles. The van der Waals surface area contributed by atoms with Gasteiger partial charge in [0.15, 0.2) is 0 Å². The van der Waals surface area contributed by atoms with Crippen molar-refractivity contribution in [3.05, 3.63) is 130 Å². The van der Waals surface area contributed by atoms with E-state index in [-0.39, 0.29) is 5.41 Å². The predicted molar refractivity (Wildman–Crippen MR) is 199 cm³/mol. The minimum absolute atomic E-state index is 0.147. The van der Waals surface area contributed by atoms with Crippen molar-refractivity contribution in [2.75, 3.05) is 0 Å². The van der Waals surface area contributed by atoms with Crippen LogP contribution in [0.4, 0.5) is 0 Å². The zero-order chi connectivity index (χ0) is 31.4. The molecule has 0 spiro atoms. The Kier molecular flexibility index (Phi) is 6.20. The minimum atomic E-state index is -1.57. The first-order chi connectivity index (χ1) is 21.5. The van der Waals surface area contributed by atoms with E-state index in [0.717, 1.165) is 0 Å². The van der Waals surface area contributed by atoms with Gasteiger partial charge in [0.1, 0.15) is 8.07 Å². The van der Waals surface area contributed by atoms with E-state index in [4.69, 9.17) is 0 Å². The lowest BCUT2D eigenvalue weighted by Gasteiger charge is -2.30. The molecule has 0 fully saturated rings. The van der Waals surface area contributed by atoms with Crippen LogP contribution in [0.3, 0.4) is 0 Å². The Morgan fingerprint density at radius 3 is 2.16 bits per heavy atom. The van der Waals surface area contributed by atoms with Crippen molar-refractivity contribution in [2.45, 2.75) is 71.9 Å². The lowest BCUT2D eigenvalue weighted by molar-refractivity contribution is 0.590. The molecule has 0 saturated heterocycles. The van der Waals surface area contributed by atoms with Crippen molar-refractivity contribution in [1.82, 2.24) is 0 Å². The monoisotopic (exact) mass is 600 g/mol. The van der Waals surface area contributed by atoms with Gasteiger partial charge >= 0.3 is 0 Å². The molecule has 5 aromatic carbocycles. The Labute approximate surface area is 270 Å². The van der Waals surface area contributed by atoms with E-state index in [0.29, 0.717) is 17.8 Å². The largest absolute Gasteiger partial charge is 0.112 e. The lowest BCUT2D eigenvalue weighted by atomic mass is 9.73. The predicted octanol–water partition coefficient (Wildman–Crippen LogP) is 10.9. The van der Waals surface area contributed by atoms with Gasteiger partial charge in [0.2, 0.25) is 0 Å². The van der Waals surface area contributed by atoms with Crippen LogP contribution in [-0.2, 0) is 5.41 Å².